The summed E-state index contributed by atoms with van der Waals surface area (Å²) >= 11 is 3.38. The van der Waals surface area contributed by atoms with Crippen LogP contribution in [-0.4, -0.2) is 73.1 Å². The van der Waals surface area contributed by atoms with Gasteiger partial charge in [0.25, 0.3) is 5.91 Å². The Labute approximate surface area is 163 Å². The van der Waals surface area contributed by atoms with Gasteiger partial charge in [0.2, 0.25) is 5.91 Å². The van der Waals surface area contributed by atoms with Gasteiger partial charge in [-0.05, 0) is 44.0 Å². The first kappa shape index (κ1) is 19.3. The lowest BCUT2D eigenvalue weighted by Gasteiger charge is -2.33. The Hall–Kier alpha value is -1.44. The van der Waals surface area contributed by atoms with Gasteiger partial charge in [-0.3, -0.25) is 14.5 Å². The van der Waals surface area contributed by atoms with Crippen LogP contribution in [0.1, 0.15) is 30.1 Å². The fourth-order valence-electron chi connectivity index (χ4n) is 3.55. The maximum atomic E-state index is 12.8. The van der Waals surface area contributed by atoms with Gasteiger partial charge in [-0.1, -0.05) is 15.9 Å². The molecule has 6 nitrogen and oxygen atoms in total. The van der Waals surface area contributed by atoms with Crippen LogP contribution in [0.25, 0.3) is 0 Å². The summed E-state index contributed by atoms with van der Waals surface area (Å²) in [7, 11) is 0. The van der Waals surface area contributed by atoms with Crippen molar-refractivity contribution in [2.24, 2.45) is 0 Å². The van der Waals surface area contributed by atoms with Gasteiger partial charge in [0.05, 0.1) is 13.2 Å². The molecular weight excluding hydrogens is 398 g/mol. The number of ether oxygens (including phenoxy) is 1. The molecule has 2 aliphatic rings. The van der Waals surface area contributed by atoms with E-state index in [-0.39, 0.29) is 23.9 Å². The highest BCUT2D eigenvalue weighted by molar-refractivity contribution is 9.10. The summed E-state index contributed by atoms with van der Waals surface area (Å²) in [6.45, 7) is 6.63. The Bertz CT molecular complexity index is 631. The van der Waals surface area contributed by atoms with E-state index in [1.54, 1.807) is 17.0 Å². The Kier molecular flexibility index (Phi) is 6.67. The van der Waals surface area contributed by atoms with Crippen molar-refractivity contribution in [3.05, 3.63) is 34.3 Å². The van der Waals surface area contributed by atoms with Crippen LogP contribution in [0.4, 0.5) is 0 Å². The molecule has 2 fully saturated rings. The van der Waals surface area contributed by atoms with E-state index >= 15 is 0 Å². The van der Waals surface area contributed by atoms with Crippen molar-refractivity contribution in [3.63, 3.8) is 0 Å². The molecule has 0 bridgehead atoms. The van der Waals surface area contributed by atoms with E-state index in [0.717, 1.165) is 43.6 Å². The molecule has 1 aromatic carbocycles. The van der Waals surface area contributed by atoms with Crippen molar-refractivity contribution in [3.8, 4) is 0 Å². The van der Waals surface area contributed by atoms with Crippen molar-refractivity contribution in [1.82, 2.24) is 15.1 Å². The zero-order valence-corrected chi connectivity index (χ0v) is 16.7. The highest BCUT2D eigenvalue weighted by Gasteiger charge is 2.34. The summed E-state index contributed by atoms with van der Waals surface area (Å²) in [5, 5.41) is 3.04. The number of morpholine rings is 1. The molecule has 0 spiro atoms. The van der Waals surface area contributed by atoms with E-state index < -0.39 is 0 Å². The number of carbonyl (C=O) groups excluding carboxylic acids is 2. The van der Waals surface area contributed by atoms with E-state index in [0.29, 0.717) is 18.7 Å². The number of halogens is 1. The van der Waals surface area contributed by atoms with Crippen molar-refractivity contribution < 1.29 is 14.3 Å². The number of nitrogens with zero attached hydrogens (tertiary/aromatic N) is 2. The van der Waals surface area contributed by atoms with Gasteiger partial charge >= 0.3 is 0 Å². The number of nitrogens with one attached hydrogen (secondary N) is 1. The van der Waals surface area contributed by atoms with Crippen molar-refractivity contribution in [2.45, 2.75) is 31.8 Å². The Morgan fingerprint density at radius 1 is 1.23 bits per heavy atom. The van der Waals surface area contributed by atoms with Gasteiger partial charge in [-0.2, -0.15) is 0 Å². The first-order chi connectivity index (χ1) is 12.6. The molecule has 142 valence electrons. The van der Waals surface area contributed by atoms with Crippen LogP contribution in [0.15, 0.2) is 28.7 Å². The standard InChI is InChI=1S/C19H26BrN3O3/c1-14(22-9-11-26-12-10-22)13-21-18(24)17-3-2-8-23(17)19(25)15-4-6-16(20)7-5-15/h4-7,14,17H,2-3,8-13H2,1H3,(H,21,24). The van der Waals surface area contributed by atoms with E-state index in [1.165, 1.54) is 0 Å². The minimum Gasteiger partial charge on any atom is -0.379 e. The Balaban J connectivity index is 1.55. The summed E-state index contributed by atoms with van der Waals surface area (Å²) in [6, 6.07) is 7.17. The molecule has 2 amide bonds. The van der Waals surface area contributed by atoms with Gasteiger partial charge in [0.15, 0.2) is 0 Å². The van der Waals surface area contributed by atoms with Crippen LogP contribution in [-0.2, 0) is 9.53 Å². The third-order valence-electron chi connectivity index (χ3n) is 5.15. The van der Waals surface area contributed by atoms with Crippen LogP contribution < -0.4 is 5.32 Å². The maximum Gasteiger partial charge on any atom is 0.254 e. The maximum absolute atomic E-state index is 12.8. The Morgan fingerprint density at radius 3 is 2.62 bits per heavy atom. The van der Waals surface area contributed by atoms with Gasteiger partial charge in [-0.25, -0.2) is 0 Å². The molecular formula is C19H26BrN3O3. The number of carbonyl (C=O) groups is 2. The lowest BCUT2D eigenvalue weighted by atomic mass is 10.1. The van der Waals surface area contributed by atoms with Gasteiger partial charge in [0, 0.05) is 42.3 Å². The van der Waals surface area contributed by atoms with Gasteiger partial charge in [-0.15, -0.1) is 0 Å². The third-order valence-corrected chi connectivity index (χ3v) is 5.68. The van der Waals surface area contributed by atoms with Crippen molar-refractivity contribution in [1.29, 1.82) is 0 Å². The summed E-state index contributed by atoms with van der Waals surface area (Å²) in [5.74, 6) is -0.121. The first-order valence-corrected chi connectivity index (χ1v) is 10.0. The first-order valence-electron chi connectivity index (χ1n) is 9.22. The predicted molar refractivity (Wildman–Crippen MR) is 103 cm³/mol. The largest absolute Gasteiger partial charge is 0.379 e. The normalized spacial score (nSPS) is 22.2. The average Bonchev–Trinajstić information content (AvgIpc) is 3.16. The Morgan fingerprint density at radius 2 is 1.92 bits per heavy atom. The molecule has 1 aromatic rings. The van der Waals surface area contributed by atoms with Crippen LogP contribution >= 0.6 is 15.9 Å². The second kappa shape index (κ2) is 8.97. The molecule has 0 aromatic heterocycles. The van der Waals surface area contributed by atoms with E-state index in [4.69, 9.17) is 4.74 Å². The second-order valence-corrected chi connectivity index (χ2v) is 7.82. The molecule has 3 rings (SSSR count). The quantitative estimate of drug-likeness (QED) is 0.785. The van der Waals surface area contributed by atoms with Crippen molar-refractivity contribution >= 4 is 27.7 Å². The average molecular weight is 424 g/mol. The highest BCUT2D eigenvalue weighted by atomic mass is 79.9. The van der Waals surface area contributed by atoms with Crippen molar-refractivity contribution in [2.75, 3.05) is 39.4 Å². The van der Waals surface area contributed by atoms with Crippen LogP contribution in [0, 0.1) is 0 Å². The van der Waals surface area contributed by atoms with E-state index in [2.05, 4.69) is 33.1 Å². The fourth-order valence-corrected chi connectivity index (χ4v) is 3.82. The molecule has 26 heavy (non-hydrogen) atoms. The van der Waals surface area contributed by atoms with Gasteiger partial charge < -0.3 is 15.0 Å². The van der Waals surface area contributed by atoms with Crippen LogP contribution in [0.3, 0.4) is 0 Å². The summed E-state index contributed by atoms with van der Waals surface area (Å²) < 4.78 is 6.30. The number of hydrogen-bond acceptors (Lipinski definition) is 4. The monoisotopic (exact) mass is 423 g/mol. The minimum atomic E-state index is -0.372. The molecule has 2 aliphatic heterocycles. The van der Waals surface area contributed by atoms with E-state index in [9.17, 15) is 9.59 Å². The SMILES string of the molecule is CC(CNC(=O)C1CCCN1C(=O)c1ccc(Br)cc1)N1CCOCC1. The number of rotatable bonds is 5. The lowest BCUT2D eigenvalue weighted by Crippen LogP contribution is -2.51. The number of benzene rings is 1. The molecule has 0 radical (unpaired) electrons. The summed E-state index contributed by atoms with van der Waals surface area (Å²) in [4.78, 5) is 29.5. The highest BCUT2D eigenvalue weighted by Crippen LogP contribution is 2.21. The van der Waals surface area contributed by atoms with Gasteiger partial charge in [0.1, 0.15) is 6.04 Å². The third kappa shape index (κ3) is 4.64. The second-order valence-electron chi connectivity index (χ2n) is 6.91. The number of amides is 2. The van der Waals surface area contributed by atoms with Crippen LogP contribution in [0.5, 0.6) is 0 Å². The molecule has 2 saturated heterocycles. The zero-order chi connectivity index (χ0) is 18.5. The molecule has 1 N–H and O–H groups in total. The molecule has 2 atom stereocenters. The number of likely N-dealkylation sites (tertiary alicyclic amines) is 1. The topological polar surface area (TPSA) is 61.9 Å². The summed E-state index contributed by atoms with van der Waals surface area (Å²) in [5.41, 5.74) is 0.620. The smallest absolute Gasteiger partial charge is 0.254 e. The lowest BCUT2D eigenvalue weighted by molar-refractivity contribution is -0.125. The van der Waals surface area contributed by atoms with Crippen LogP contribution in [0.2, 0.25) is 0 Å². The molecule has 2 heterocycles. The molecule has 0 saturated carbocycles. The molecule has 2 unspecified atom stereocenters. The minimum absolute atomic E-state index is 0.0481. The molecule has 0 aliphatic carbocycles. The van der Waals surface area contributed by atoms with E-state index in [1.807, 2.05) is 12.1 Å². The zero-order valence-electron chi connectivity index (χ0n) is 15.1. The number of hydrogen-bond donors (Lipinski definition) is 1. The summed E-state index contributed by atoms with van der Waals surface area (Å²) in [6.07, 6.45) is 1.58. The predicted octanol–water partition coefficient (Wildman–Crippen LogP) is 1.89. The fraction of sp³-hybridized carbons (Fsp3) is 0.579. The molecule has 7 heteroatoms.